The van der Waals surface area contributed by atoms with E-state index in [-0.39, 0.29) is 0 Å². The first-order valence-electron chi connectivity index (χ1n) is 5.98. The van der Waals surface area contributed by atoms with Crippen LogP contribution in [0.1, 0.15) is 0 Å². The molecule has 4 heteroatoms. The van der Waals surface area contributed by atoms with Crippen LogP contribution in [0.4, 0.5) is 11.4 Å². The van der Waals surface area contributed by atoms with Crippen LogP contribution in [-0.2, 0) is 11.8 Å². The topological polar surface area (TPSA) is 24.1 Å². The van der Waals surface area contributed by atoms with Crippen LogP contribution in [0.15, 0.2) is 54.6 Å². The van der Waals surface area contributed by atoms with E-state index in [4.69, 9.17) is 11.8 Å². The van der Waals surface area contributed by atoms with Gasteiger partial charge in [-0.3, -0.25) is 0 Å². The second kappa shape index (κ2) is 4.75. The van der Waals surface area contributed by atoms with E-state index in [0.29, 0.717) is 0 Å². The molecule has 0 unspecified atom stereocenters. The number of para-hydroxylation sites is 2. The molecule has 0 aromatic heterocycles. The van der Waals surface area contributed by atoms with Gasteiger partial charge >= 0.3 is 0 Å². The Morgan fingerprint density at radius 2 is 1.28 bits per heavy atom. The second-order valence-electron chi connectivity index (χ2n) is 4.44. The smallest absolute Gasteiger partial charge is 0.0579 e. The van der Waals surface area contributed by atoms with Crippen LogP contribution < -0.4 is 15.9 Å². The van der Waals surface area contributed by atoms with Gasteiger partial charge in [-0.2, -0.15) is 0 Å². The minimum absolute atomic E-state index is 0.871. The van der Waals surface area contributed by atoms with Gasteiger partial charge in [0.2, 0.25) is 0 Å². The highest BCUT2D eigenvalue weighted by Crippen LogP contribution is 2.46. The van der Waals surface area contributed by atoms with Gasteiger partial charge in [-0.1, -0.05) is 54.3 Å². The third-order valence-electron chi connectivity index (χ3n) is 3.20. The van der Waals surface area contributed by atoms with Crippen LogP contribution in [0.25, 0.3) is 0 Å². The molecule has 0 aliphatic carbocycles. The number of hydrogen-bond donors (Lipinski definition) is 2. The molecule has 0 saturated carbocycles. The Hall–Kier alpha value is -1.31. The van der Waals surface area contributed by atoms with Crippen molar-refractivity contribution in [3.8, 4) is 0 Å². The summed E-state index contributed by atoms with van der Waals surface area (Å²) in [6.45, 7) is 0. The maximum Gasteiger partial charge on any atom is 0.0579 e. The maximum atomic E-state index is 5.94. The summed E-state index contributed by atoms with van der Waals surface area (Å²) in [5, 5.41) is 8.29. The van der Waals surface area contributed by atoms with Crippen LogP contribution in [0.3, 0.4) is 0 Å². The number of hydrogen-bond acceptors (Lipinski definition) is 3. The van der Waals surface area contributed by atoms with E-state index in [0.717, 1.165) is 23.9 Å². The third-order valence-corrected chi connectivity index (χ3v) is 7.19. The summed E-state index contributed by atoms with van der Waals surface area (Å²) in [4.78, 5) is 0. The van der Waals surface area contributed by atoms with Crippen molar-refractivity contribution in [2.45, 2.75) is 0 Å². The fraction of sp³-hybridized carbons (Fsp3) is 0.143. The average Bonchev–Trinajstić information content (AvgIpc) is 2.61. The molecule has 2 aromatic rings. The van der Waals surface area contributed by atoms with Crippen molar-refractivity contribution in [1.82, 2.24) is 0 Å². The van der Waals surface area contributed by atoms with Crippen molar-refractivity contribution in [3.05, 3.63) is 54.6 Å². The van der Waals surface area contributed by atoms with Crippen LogP contribution >= 0.6 is 6.04 Å². The standard InChI is InChI=1S/C14H15N2PS/c18-17(12-6-2-1-3-7-12)10-15-13-8-4-5-9-14(13)16-11-17/h1-9,15-16H,10-11H2. The van der Waals surface area contributed by atoms with E-state index in [1.807, 2.05) is 18.2 Å². The Bertz CT molecular complexity index is 567. The number of anilines is 2. The molecule has 1 heterocycles. The molecule has 0 bridgehead atoms. The molecule has 0 atom stereocenters. The summed E-state index contributed by atoms with van der Waals surface area (Å²) >= 11 is 5.94. The summed E-state index contributed by atoms with van der Waals surface area (Å²) in [7, 11) is 0. The molecule has 0 amide bonds. The Morgan fingerprint density at radius 3 is 1.83 bits per heavy atom. The lowest BCUT2D eigenvalue weighted by atomic mass is 10.3. The zero-order chi connectivity index (χ0) is 12.4. The number of benzene rings is 2. The van der Waals surface area contributed by atoms with Crippen molar-refractivity contribution < 1.29 is 0 Å². The zero-order valence-electron chi connectivity index (χ0n) is 9.97. The highest BCUT2D eigenvalue weighted by Gasteiger charge is 2.22. The molecule has 0 radical (unpaired) electrons. The normalized spacial score (nSPS) is 16.9. The molecule has 3 rings (SSSR count). The van der Waals surface area contributed by atoms with Crippen LogP contribution in [0.5, 0.6) is 0 Å². The highest BCUT2D eigenvalue weighted by atomic mass is 32.4. The molecule has 2 aromatic carbocycles. The Balaban J connectivity index is 1.93. The summed E-state index contributed by atoms with van der Waals surface area (Å²) < 4.78 is 0. The van der Waals surface area contributed by atoms with Crippen LogP contribution in [0, 0.1) is 0 Å². The Morgan fingerprint density at radius 1 is 0.778 bits per heavy atom. The molecule has 92 valence electrons. The predicted octanol–water partition coefficient (Wildman–Crippen LogP) is 3.24. The minimum atomic E-state index is -1.58. The van der Waals surface area contributed by atoms with Gasteiger partial charge in [-0.05, 0) is 17.4 Å². The van der Waals surface area contributed by atoms with E-state index in [2.05, 4.69) is 47.0 Å². The lowest BCUT2D eigenvalue weighted by molar-refractivity contribution is 1.45. The van der Waals surface area contributed by atoms with Crippen LogP contribution in [0.2, 0.25) is 0 Å². The molecular weight excluding hydrogens is 259 g/mol. The van der Waals surface area contributed by atoms with Gasteiger partial charge in [-0.15, -0.1) is 0 Å². The van der Waals surface area contributed by atoms with Crippen molar-refractivity contribution in [2.75, 3.05) is 23.2 Å². The minimum Gasteiger partial charge on any atom is -0.378 e. The molecular formula is C14H15N2PS. The SMILES string of the molecule is S=P1(c2ccccc2)CNc2ccccc2NC1. The van der Waals surface area contributed by atoms with E-state index in [1.165, 1.54) is 5.30 Å². The summed E-state index contributed by atoms with van der Waals surface area (Å²) in [5.41, 5.74) is 2.31. The van der Waals surface area contributed by atoms with E-state index in [1.54, 1.807) is 0 Å². The molecule has 18 heavy (non-hydrogen) atoms. The Kier molecular flexibility index (Phi) is 3.11. The number of rotatable bonds is 1. The quantitative estimate of drug-likeness (QED) is 0.781. The monoisotopic (exact) mass is 274 g/mol. The average molecular weight is 274 g/mol. The molecule has 0 fully saturated rings. The number of fused-ring (bicyclic) bond motifs is 1. The van der Waals surface area contributed by atoms with Crippen molar-refractivity contribution in [3.63, 3.8) is 0 Å². The fourth-order valence-corrected chi connectivity index (χ4v) is 4.95. The van der Waals surface area contributed by atoms with Gasteiger partial charge in [0.1, 0.15) is 0 Å². The lowest BCUT2D eigenvalue weighted by Crippen LogP contribution is -2.15. The largest absolute Gasteiger partial charge is 0.378 e. The van der Waals surface area contributed by atoms with Crippen molar-refractivity contribution in [1.29, 1.82) is 0 Å². The van der Waals surface area contributed by atoms with Crippen molar-refractivity contribution >= 4 is 34.5 Å². The maximum absolute atomic E-state index is 5.94. The number of nitrogens with one attached hydrogen (secondary N) is 2. The first kappa shape index (κ1) is 11.8. The van der Waals surface area contributed by atoms with E-state index in [9.17, 15) is 0 Å². The predicted molar refractivity (Wildman–Crippen MR) is 83.8 cm³/mol. The van der Waals surface area contributed by atoms with Gasteiger partial charge < -0.3 is 10.6 Å². The zero-order valence-corrected chi connectivity index (χ0v) is 11.7. The third kappa shape index (κ3) is 2.16. The highest BCUT2D eigenvalue weighted by molar-refractivity contribution is 8.18. The van der Waals surface area contributed by atoms with Crippen LogP contribution in [-0.4, -0.2) is 12.6 Å². The summed E-state index contributed by atoms with van der Waals surface area (Å²) in [6, 6.07) is 17.2. The molecule has 2 nitrogen and oxygen atoms in total. The summed E-state index contributed by atoms with van der Waals surface area (Å²) in [5.74, 6) is 0. The lowest BCUT2D eigenvalue weighted by Gasteiger charge is -2.20. The van der Waals surface area contributed by atoms with Crippen molar-refractivity contribution in [2.24, 2.45) is 0 Å². The van der Waals surface area contributed by atoms with Gasteiger partial charge in [-0.25, -0.2) is 0 Å². The van der Waals surface area contributed by atoms with Gasteiger partial charge in [0.05, 0.1) is 11.4 Å². The first-order chi connectivity index (χ1) is 8.78. The van der Waals surface area contributed by atoms with E-state index < -0.39 is 6.04 Å². The molecule has 1 aliphatic heterocycles. The second-order valence-corrected chi connectivity index (χ2v) is 9.46. The molecule has 0 spiro atoms. The first-order valence-corrected chi connectivity index (χ1v) is 9.16. The van der Waals surface area contributed by atoms with Gasteiger partial charge in [0.25, 0.3) is 0 Å². The molecule has 0 saturated heterocycles. The molecule has 1 aliphatic rings. The van der Waals surface area contributed by atoms with Gasteiger partial charge in [0.15, 0.2) is 0 Å². The fourth-order valence-electron chi connectivity index (χ4n) is 2.16. The summed E-state index contributed by atoms with van der Waals surface area (Å²) in [6.07, 6.45) is 1.74. The van der Waals surface area contributed by atoms with E-state index >= 15 is 0 Å². The Labute approximate surface area is 112 Å². The van der Waals surface area contributed by atoms with Gasteiger partial charge in [0, 0.05) is 18.6 Å². The molecule has 2 N–H and O–H groups in total.